The zero-order chi connectivity index (χ0) is 15.4. The smallest absolute Gasteiger partial charge is 0.260 e. The van der Waals surface area contributed by atoms with Crippen molar-refractivity contribution in [2.75, 3.05) is 14.2 Å². The van der Waals surface area contributed by atoms with Crippen LogP contribution in [0, 0.1) is 6.92 Å². The lowest BCUT2D eigenvalue weighted by Crippen LogP contribution is -2.31. The largest absolute Gasteiger partial charge is 0.497 e. The van der Waals surface area contributed by atoms with E-state index < -0.39 is 0 Å². The summed E-state index contributed by atoms with van der Waals surface area (Å²) in [6.45, 7) is 2.20. The normalized spacial score (nSPS) is 10.2. The number of nitrogens with zero attached hydrogens (tertiary/aromatic N) is 1. The summed E-state index contributed by atoms with van der Waals surface area (Å²) in [7, 11) is 3.28. The van der Waals surface area contributed by atoms with Crippen molar-refractivity contribution in [1.82, 2.24) is 9.88 Å². The van der Waals surface area contributed by atoms with Crippen molar-refractivity contribution in [3.05, 3.63) is 63.6 Å². The fourth-order valence-electron chi connectivity index (χ4n) is 2.02. The molecule has 2 aromatic rings. The summed E-state index contributed by atoms with van der Waals surface area (Å²) in [4.78, 5) is 28.2. The van der Waals surface area contributed by atoms with Gasteiger partial charge in [-0.05, 0) is 36.8 Å². The average molecular weight is 286 g/mol. The average Bonchev–Trinajstić information content (AvgIpc) is 2.47. The van der Waals surface area contributed by atoms with Gasteiger partial charge in [0.1, 0.15) is 11.3 Å². The van der Waals surface area contributed by atoms with E-state index in [9.17, 15) is 9.59 Å². The van der Waals surface area contributed by atoms with E-state index in [4.69, 9.17) is 4.74 Å². The topological polar surface area (TPSA) is 62.4 Å². The quantitative estimate of drug-likeness (QED) is 0.934. The van der Waals surface area contributed by atoms with Crippen LogP contribution in [-0.4, -0.2) is 29.9 Å². The number of aromatic amines is 1. The van der Waals surface area contributed by atoms with Gasteiger partial charge in [-0.1, -0.05) is 12.1 Å². The minimum absolute atomic E-state index is 0.150. The van der Waals surface area contributed by atoms with E-state index in [-0.39, 0.29) is 17.0 Å². The maximum atomic E-state index is 12.3. The fourth-order valence-corrected chi connectivity index (χ4v) is 2.02. The monoisotopic (exact) mass is 286 g/mol. The Labute approximate surface area is 123 Å². The number of benzene rings is 1. The van der Waals surface area contributed by atoms with Crippen molar-refractivity contribution in [2.24, 2.45) is 0 Å². The van der Waals surface area contributed by atoms with Crippen LogP contribution in [0.25, 0.3) is 0 Å². The molecule has 0 bridgehead atoms. The van der Waals surface area contributed by atoms with Gasteiger partial charge in [0.2, 0.25) is 0 Å². The van der Waals surface area contributed by atoms with Crippen molar-refractivity contribution < 1.29 is 9.53 Å². The number of nitrogens with one attached hydrogen (secondary N) is 1. The number of hydrogen-bond acceptors (Lipinski definition) is 3. The molecule has 5 nitrogen and oxygen atoms in total. The van der Waals surface area contributed by atoms with Crippen LogP contribution < -0.4 is 10.3 Å². The van der Waals surface area contributed by atoms with E-state index in [2.05, 4.69) is 4.98 Å². The molecular formula is C16H18N2O3. The molecule has 0 aliphatic rings. The third-order valence-electron chi connectivity index (χ3n) is 3.21. The summed E-state index contributed by atoms with van der Waals surface area (Å²) in [6.07, 6.45) is 0. The Kier molecular flexibility index (Phi) is 4.42. The predicted octanol–water partition coefficient (Wildman–Crippen LogP) is 1.96. The lowest BCUT2D eigenvalue weighted by Gasteiger charge is -2.17. The van der Waals surface area contributed by atoms with Crippen molar-refractivity contribution in [2.45, 2.75) is 13.5 Å². The van der Waals surface area contributed by atoms with Crippen molar-refractivity contribution in [1.29, 1.82) is 0 Å². The molecule has 0 unspecified atom stereocenters. The number of pyridine rings is 1. The van der Waals surface area contributed by atoms with Crippen LogP contribution in [-0.2, 0) is 6.54 Å². The van der Waals surface area contributed by atoms with Crippen LogP contribution in [0.15, 0.2) is 41.2 Å². The number of aryl methyl sites for hydroxylation is 1. The summed E-state index contributed by atoms with van der Waals surface area (Å²) in [5.74, 6) is 0.467. The predicted molar refractivity (Wildman–Crippen MR) is 80.6 cm³/mol. The van der Waals surface area contributed by atoms with E-state index >= 15 is 0 Å². The molecule has 0 saturated heterocycles. The van der Waals surface area contributed by atoms with E-state index in [0.717, 1.165) is 17.0 Å². The summed E-state index contributed by atoms with van der Waals surface area (Å²) in [6, 6.07) is 10.7. The number of methoxy groups -OCH3 is 1. The Morgan fingerprint density at radius 2 is 1.86 bits per heavy atom. The second-order valence-electron chi connectivity index (χ2n) is 4.89. The number of H-pyrrole nitrogens is 1. The van der Waals surface area contributed by atoms with Crippen molar-refractivity contribution in [3.8, 4) is 5.75 Å². The van der Waals surface area contributed by atoms with Gasteiger partial charge in [-0.3, -0.25) is 9.59 Å². The third-order valence-corrected chi connectivity index (χ3v) is 3.21. The minimum Gasteiger partial charge on any atom is -0.497 e. The number of hydrogen-bond donors (Lipinski definition) is 1. The molecule has 21 heavy (non-hydrogen) atoms. The van der Waals surface area contributed by atoms with Crippen LogP contribution in [0.1, 0.15) is 21.6 Å². The van der Waals surface area contributed by atoms with Crippen LogP contribution in [0.5, 0.6) is 5.75 Å². The number of amides is 1. The number of rotatable bonds is 4. The van der Waals surface area contributed by atoms with Gasteiger partial charge in [-0.15, -0.1) is 0 Å². The lowest BCUT2D eigenvalue weighted by atomic mass is 10.2. The highest BCUT2D eigenvalue weighted by Crippen LogP contribution is 2.13. The molecule has 1 aromatic heterocycles. The molecule has 2 rings (SSSR count). The summed E-state index contributed by atoms with van der Waals surface area (Å²) in [5.41, 5.74) is 1.49. The molecule has 0 radical (unpaired) electrons. The molecule has 1 N–H and O–H groups in total. The van der Waals surface area contributed by atoms with Gasteiger partial charge in [-0.25, -0.2) is 0 Å². The Balaban J connectivity index is 2.13. The van der Waals surface area contributed by atoms with Gasteiger partial charge in [0.25, 0.3) is 11.5 Å². The number of aromatic nitrogens is 1. The Bertz CT molecular complexity index is 689. The van der Waals surface area contributed by atoms with Crippen LogP contribution in [0.2, 0.25) is 0 Å². The molecule has 5 heteroatoms. The molecule has 1 heterocycles. The van der Waals surface area contributed by atoms with Gasteiger partial charge in [0.15, 0.2) is 0 Å². The first kappa shape index (κ1) is 14.8. The van der Waals surface area contributed by atoms with Crippen LogP contribution >= 0.6 is 0 Å². The standard InChI is InChI=1S/C16H18N2O3/c1-11-4-9-14(15(19)17-11)16(20)18(2)10-12-5-7-13(21-3)8-6-12/h4-9H,10H2,1-3H3,(H,17,19). The Hall–Kier alpha value is -2.56. The van der Waals surface area contributed by atoms with Gasteiger partial charge >= 0.3 is 0 Å². The highest BCUT2D eigenvalue weighted by atomic mass is 16.5. The molecule has 1 aromatic carbocycles. The maximum absolute atomic E-state index is 12.3. The van der Waals surface area contributed by atoms with E-state index in [1.54, 1.807) is 33.2 Å². The molecule has 0 atom stereocenters. The van der Waals surface area contributed by atoms with Crippen molar-refractivity contribution in [3.63, 3.8) is 0 Å². The molecule has 0 saturated carbocycles. The Morgan fingerprint density at radius 1 is 1.19 bits per heavy atom. The molecule has 1 amide bonds. The van der Waals surface area contributed by atoms with Crippen LogP contribution in [0.3, 0.4) is 0 Å². The van der Waals surface area contributed by atoms with E-state index in [0.29, 0.717) is 6.54 Å². The maximum Gasteiger partial charge on any atom is 0.260 e. The Morgan fingerprint density at radius 3 is 2.43 bits per heavy atom. The molecule has 0 aliphatic carbocycles. The first-order valence-corrected chi connectivity index (χ1v) is 6.59. The molecule has 0 aliphatic heterocycles. The zero-order valence-electron chi connectivity index (χ0n) is 12.3. The minimum atomic E-state index is -0.360. The number of carbonyl (C=O) groups is 1. The third kappa shape index (κ3) is 3.51. The second-order valence-corrected chi connectivity index (χ2v) is 4.89. The SMILES string of the molecule is COc1ccc(CN(C)C(=O)c2ccc(C)[nH]c2=O)cc1. The highest BCUT2D eigenvalue weighted by molar-refractivity contribution is 5.93. The van der Waals surface area contributed by atoms with E-state index in [1.807, 2.05) is 24.3 Å². The highest BCUT2D eigenvalue weighted by Gasteiger charge is 2.15. The summed E-state index contributed by atoms with van der Waals surface area (Å²) < 4.78 is 5.09. The fraction of sp³-hybridized carbons (Fsp3) is 0.250. The zero-order valence-corrected chi connectivity index (χ0v) is 12.3. The van der Waals surface area contributed by atoms with E-state index in [1.165, 1.54) is 4.90 Å². The van der Waals surface area contributed by atoms with Gasteiger partial charge < -0.3 is 14.6 Å². The number of ether oxygens (including phenoxy) is 1. The molecule has 110 valence electrons. The molecular weight excluding hydrogens is 268 g/mol. The first-order valence-electron chi connectivity index (χ1n) is 6.59. The van der Waals surface area contributed by atoms with Gasteiger partial charge in [0.05, 0.1) is 7.11 Å². The lowest BCUT2D eigenvalue weighted by molar-refractivity contribution is 0.0783. The molecule has 0 fully saturated rings. The summed E-state index contributed by atoms with van der Waals surface area (Å²) in [5, 5.41) is 0. The molecule has 0 spiro atoms. The summed E-state index contributed by atoms with van der Waals surface area (Å²) >= 11 is 0. The first-order chi connectivity index (χ1) is 10.0. The van der Waals surface area contributed by atoms with Gasteiger partial charge in [0, 0.05) is 19.3 Å². The van der Waals surface area contributed by atoms with Crippen molar-refractivity contribution >= 4 is 5.91 Å². The number of carbonyl (C=O) groups excluding carboxylic acids is 1. The second kappa shape index (κ2) is 6.26. The van der Waals surface area contributed by atoms with Gasteiger partial charge in [-0.2, -0.15) is 0 Å². The van der Waals surface area contributed by atoms with Crippen LogP contribution in [0.4, 0.5) is 0 Å².